The molecule has 3 aliphatic carbocycles. The van der Waals surface area contributed by atoms with Gasteiger partial charge in [-0.3, -0.25) is 4.79 Å². The molecule has 0 saturated heterocycles. The molecule has 0 heterocycles. The lowest BCUT2D eigenvalue weighted by Crippen LogP contribution is -2.58. The van der Waals surface area contributed by atoms with Crippen LogP contribution in [0.3, 0.4) is 0 Å². The summed E-state index contributed by atoms with van der Waals surface area (Å²) < 4.78 is 4.92. The van der Waals surface area contributed by atoms with E-state index in [1.807, 2.05) is 0 Å². The molecule has 0 amide bonds. The van der Waals surface area contributed by atoms with E-state index in [-0.39, 0.29) is 16.8 Å². The number of hydrogen-bond donors (Lipinski definition) is 0. The monoisotopic (exact) mass is 182 g/mol. The minimum atomic E-state index is -0.156. The van der Waals surface area contributed by atoms with Gasteiger partial charge >= 0.3 is 5.97 Å². The Hall–Kier alpha value is -0.530. The second kappa shape index (κ2) is 2.10. The largest absolute Gasteiger partial charge is 0.469 e. The van der Waals surface area contributed by atoms with E-state index < -0.39 is 0 Å². The zero-order valence-electron chi connectivity index (χ0n) is 8.94. The Kier molecular flexibility index (Phi) is 1.46. The summed E-state index contributed by atoms with van der Waals surface area (Å²) in [6.45, 7) is 6.71. The molecule has 0 spiro atoms. The fraction of sp³-hybridized carbons (Fsp3) is 0.909. The van der Waals surface area contributed by atoms with Crippen LogP contribution in [0.2, 0.25) is 0 Å². The van der Waals surface area contributed by atoms with Gasteiger partial charge < -0.3 is 4.74 Å². The van der Waals surface area contributed by atoms with Crippen molar-refractivity contribution < 1.29 is 9.53 Å². The predicted molar refractivity (Wildman–Crippen MR) is 50.2 cm³/mol. The summed E-state index contributed by atoms with van der Waals surface area (Å²) in [7, 11) is 1.50. The number of fused-ring (bicyclic) bond motifs is 1. The summed E-state index contributed by atoms with van der Waals surface area (Å²) in [6, 6.07) is 0. The smallest absolute Gasteiger partial charge is 0.312 e. The molecule has 0 aromatic carbocycles. The summed E-state index contributed by atoms with van der Waals surface area (Å²) in [6.07, 6.45) is 3.22. The molecule has 0 aliphatic heterocycles. The highest BCUT2D eigenvalue weighted by molar-refractivity contribution is 5.80. The van der Waals surface area contributed by atoms with Crippen LogP contribution in [0.4, 0.5) is 0 Å². The number of rotatable bonds is 1. The van der Waals surface area contributed by atoms with Crippen molar-refractivity contribution in [1.29, 1.82) is 0 Å². The van der Waals surface area contributed by atoms with Crippen LogP contribution in [0.25, 0.3) is 0 Å². The highest BCUT2D eigenvalue weighted by atomic mass is 16.5. The lowest BCUT2D eigenvalue weighted by atomic mass is 9.44. The Morgan fingerprint density at radius 1 is 1.23 bits per heavy atom. The van der Waals surface area contributed by atoms with Gasteiger partial charge in [0, 0.05) is 0 Å². The lowest BCUT2D eigenvalue weighted by molar-refractivity contribution is -0.187. The maximum Gasteiger partial charge on any atom is 0.312 e. The molecule has 0 N–H and O–H groups in total. The highest BCUT2D eigenvalue weighted by Gasteiger charge is 2.75. The van der Waals surface area contributed by atoms with Gasteiger partial charge in [-0.05, 0) is 30.1 Å². The maximum absolute atomic E-state index is 11.7. The van der Waals surface area contributed by atoms with E-state index in [2.05, 4.69) is 20.8 Å². The minimum Gasteiger partial charge on any atom is -0.469 e. The van der Waals surface area contributed by atoms with Crippen LogP contribution in [-0.2, 0) is 9.53 Å². The van der Waals surface area contributed by atoms with E-state index >= 15 is 0 Å². The number of hydrogen-bond acceptors (Lipinski definition) is 2. The number of methoxy groups -OCH3 is 1. The predicted octanol–water partition coefficient (Wildman–Crippen LogP) is 2.38. The summed E-state index contributed by atoms with van der Waals surface area (Å²) in [5.41, 5.74) is 0.352. The Bertz CT molecular complexity index is 269. The maximum atomic E-state index is 11.7. The number of esters is 1. The zero-order chi connectivity index (χ0) is 9.91. The second-order valence-corrected chi connectivity index (χ2v) is 5.44. The SMILES string of the molecule is COC(=O)[C@@]12CC[C@@](C)(C1)C2(C)C. The van der Waals surface area contributed by atoms with Gasteiger partial charge in [-0.1, -0.05) is 20.8 Å². The molecule has 74 valence electrons. The Morgan fingerprint density at radius 3 is 2.15 bits per heavy atom. The van der Waals surface area contributed by atoms with E-state index in [0.717, 1.165) is 12.8 Å². The molecule has 0 aromatic heterocycles. The molecule has 3 fully saturated rings. The lowest BCUT2D eigenvalue weighted by Gasteiger charge is -2.59. The van der Waals surface area contributed by atoms with Gasteiger partial charge in [-0.25, -0.2) is 0 Å². The molecular weight excluding hydrogens is 164 g/mol. The fourth-order valence-corrected chi connectivity index (χ4v) is 3.49. The summed E-state index contributed by atoms with van der Waals surface area (Å²) in [5.74, 6) is 0.00692. The number of ether oxygens (including phenoxy) is 1. The average molecular weight is 182 g/mol. The fourth-order valence-electron chi connectivity index (χ4n) is 3.49. The van der Waals surface area contributed by atoms with Crippen LogP contribution in [0.15, 0.2) is 0 Å². The third-order valence-electron chi connectivity index (χ3n) is 5.08. The third kappa shape index (κ3) is 0.695. The van der Waals surface area contributed by atoms with Crippen molar-refractivity contribution in [2.45, 2.75) is 40.0 Å². The zero-order valence-corrected chi connectivity index (χ0v) is 8.94. The van der Waals surface area contributed by atoms with Crippen molar-refractivity contribution in [1.82, 2.24) is 0 Å². The van der Waals surface area contributed by atoms with E-state index in [1.165, 1.54) is 13.5 Å². The molecular formula is C11H18O2. The van der Waals surface area contributed by atoms with E-state index in [4.69, 9.17) is 4.74 Å². The number of carbonyl (C=O) groups is 1. The van der Waals surface area contributed by atoms with Crippen molar-refractivity contribution in [2.24, 2.45) is 16.2 Å². The molecule has 2 bridgehead atoms. The van der Waals surface area contributed by atoms with E-state index in [9.17, 15) is 4.79 Å². The molecule has 2 atom stereocenters. The van der Waals surface area contributed by atoms with Crippen LogP contribution in [-0.4, -0.2) is 13.1 Å². The summed E-state index contributed by atoms with van der Waals surface area (Å²) in [4.78, 5) is 11.7. The molecule has 2 heteroatoms. The standard InChI is InChI=1S/C11H18O2/c1-9(2)10(3)5-6-11(9,7-10)8(12)13-4/h5-7H2,1-4H3/t10-,11+/m0/s1. The molecule has 2 nitrogen and oxygen atoms in total. The molecule has 3 saturated carbocycles. The van der Waals surface area contributed by atoms with Crippen LogP contribution in [0, 0.1) is 16.2 Å². The van der Waals surface area contributed by atoms with Crippen LogP contribution >= 0.6 is 0 Å². The van der Waals surface area contributed by atoms with Gasteiger partial charge in [0.2, 0.25) is 0 Å². The molecule has 3 rings (SSSR count). The molecule has 0 unspecified atom stereocenters. The summed E-state index contributed by atoms with van der Waals surface area (Å²) >= 11 is 0. The Balaban J connectivity index is 2.35. The first-order valence-electron chi connectivity index (χ1n) is 4.98. The third-order valence-corrected chi connectivity index (χ3v) is 5.08. The second-order valence-electron chi connectivity index (χ2n) is 5.44. The van der Waals surface area contributed by atoms with Crippen molar-refractivity contribution in [3.05, 3.63) is 0 Å². The quantitative estimate of drug-likeness (QED) is 0.582. The van der Waals surface area contributed by atoms with Gasteiger partial charge in [0.15, 0.2) is 0 Å². The number of carbonyl (C=O) groups excluding carboxylic acids is 1. The summed E-state index contributed by atoms with van der Waals surface area (Å²) in [5, 5.41) is 0. The molecule has 0 radical (unpaired) electrons. The van der Waals surface area contributed by atoms with Crippen LogP contribution < -0.4 is 0 Å². The van der Waals surface area contributed by atoms with Crippen molar-refractivity contribution >= 4 is 5.97 Å². The van der Waals surface area contributed by atoms with Gasteiger partial charge in [-0.15, -0.1) is 0 Å². The van der Waals surface area contributed by atoms with Crippen LogP contribution in [0.5, 0.6) is 0 Å². The minimum absolute atomic E-state index is 0.00692. The Morgan fingerprint density at radius 2 is 1.85 bits per heavy atom. The first kappa shape index (κ1) is 9.04. The van der Waals surface area contributed by atoms with Crippen LogP contribution in [0.1, 0.15) is 40.0 Å². The van der Waals surface area contributed by atoms with Gasteiger partial charge in [0.05, 0.1) is 12.5 Å². The Labute approximate surface area is 79.7 Å². The topological polar surface area (TPSA) is 26.3 Å². The van der Waals surface area contributed by atoms with Gasteiger partial charge in [-0.2, -0.15) is 0 Å². The first-order chi connectivity index (χ1) is 5.90. The van der Waals surface area contributed by atoms with Gasteiger partial charge in [0.25, 0.3) is 0 Å². The van der Waals surface area contributed by atoms with Crippen molar-refractivity contribution in [2.75, 3.05) is 7.11 Å². The highest BCUT2D eigenvalue weighted by Crippen LogP contribution is 2.77. The van der Waals surface area contributed by atoms with Gasteiger partial charge in [0.1, 0.15) is 0 Å². The molecule has 3 aliphatic rings. The average Bonchev–Trinajstić information content (AvgIpc) is 2.54. The normalized spacial score (nSPS) is 45.5. The van der Waals surface area contributed by atoms with E-state index in [0.29, 0.717) is 5.41 Å². The molecule has 0 aromatic rings. The molecule has 13 heavy (non-hydrogen) atoms. The van der Waals surface area contributed by atoms with Crippen molar-refractivity contribution in [3.8, 4) is 0 Å². The first-order valence-corrected chi connectivity index (χ1v) is 4.98. The van der Waals surface area contributed by atoms with Crippen molar-refractivity contribution in [3.63, 3.8) is 0 Å². The van der Waals surface area contributed by atoms with E-state index in [1.54, 1.807) is 0 Å².